The van der Waals surface area contributed by atoms with Crippen LogP contribution in [0, 0.1) is 0 Å². The molecule has 0 aliphatic rings. The molecule has 0 bridgehead atoms. The molecule has 0 unspecified atom stereocenters. The molecule has 0 spiro atoms. The molecular weight excluding hydrogens is 274 g/mol. The van der Waals surface area contributed by atoms with Gasteiger partial charge in [-0.05, 0) is 37.9 Å². The molecule has 0 saturated heterocycles. The van der Waals surface area contributed by atoms with Crippen LogP contribution in [0.4, 0.5) is 5.69 Å². The van der Waals surface area contributed by atoms with Crippen molar-refractivity contribution in [3.8, 4) is 0 Å². The second-order valence-corrected chi connectivity index (χ2v) is 5.08. The highest BCUT2D eigenvalue weighted by Gasteiger charge is 2.10. The van der Waals surface area contributed by atoms with Crippen molar-refractivity contribution < 1.29 is 4.79 Å². The van der Waals surface area contributed by atoms with Gasteiger partial charge in [-0.1, -0.05) is 35.9 Å². The SMILES string of the molecule is CN(C)Cc1ccccc1NC(=O)c1cccc(Cl)n1. The third kappa shape index (κ3) is 3.79. The van der Waals surface area contributed by atoms with Gasteiger partial charge in [-0.15, -0.1) is 0 Å². The fourth-order valence-electron chi connectivity index (χ4n) is 1.84. The first-order valence-corrected chi connectivity index (χ1v) is 6.60. The number of carbonyl (C=O) groups is 1. The topological polar surface area (TPSA) is 45.2 Å². The maximum absolute atomic E-state index is 12.2. The van der Waals surface area contributed by atoms with Crippen molar-refractivity contribution in [2.75, 3.05) is 19.4 Å². The average molecular weight is 290 g/mol. The second-order valence-electron chi connectivity index (χ2n) is 4.69. The Morgan fingerprint density at radius 2 is 1.95 bits per heavy atom. The fourth-order valence-corrected chi connectivity index (χ4v) is 2.01. The van der Waals surface area contributed by atoms with E-state index in [-0.39, 0.29) is 5.91 Å². The van der Waals surface area contributed by atoms with Gasteiger partial charge in [0.05, 0.1) is 0 Å². The maximum Gasteiger partial charge on any atom is 0.274 e. The largest absolute Gasteiger partial charge is 0.320 e. The number of halogens is 1. The maximum atomic E-state index is 12.2. The number of para-hydroxylation sites is 1. The van der Waals surface area contributed by atoms with E-state index in [1.165, 1.54) is 0 Å². The summed E-state index contributed by atoms with van der Waals surface area (Å²) in [5.41, 5.74) is 2.14. The van der Waals surface area contributed by atoms with Crippen LogP contribution >= 0.6 is 11.6 Å². The lowest BCUT2D eigenvalue weighted by Gasteiger charge is -2.14. The highest BCUT2D eigenvalue weighted by atomic mass is 35.5. The number of pyridine rings is 1. The molecule has 0 atom stereocenters. The van der Waals surface area contributed by atoms with Crippen molar-refractivity contribution in [1.29, 1.82) is 0 Å². The zero-order valence-electron chi connectivity index (χ0n) is 11.4. The number of hydrogen-bond donors (Lipinski definition) is 1. The Hall–Kier alpha value is -1.91. The van der Waals surface area contributed by atoms with E-state index < -0.39 is 0 Å². The number of nitrogens with one attached hydrogen (secondary N) is 1. The van der Waals surface area contributed by atoms with E-state index >= 15 is 0 Å². The molecular formula is C15H16ClN3O. The predicted octanol–water partition coefficient (Wildman–Crippen LogP) is 3.05. The number of anilines is 1. The molecule has 2 aromatic rings. The van der Waals surface area contributed by atoms with E-state index in [2.05, 4.69) is 10.3 Å². The Labute approximate surface area is 123 Å². The number of amides is 1. The lowest BCUT2D eigenvalue weighted by Crippen LogP contribution is -2.17. The summed E-state index contributed by atoms with van der Waals surface area (Å²) in [5.74, 6) is -0.265. The second kappa shape index (κ2) is 6.50. The van der Waals surface area contributed by atoms with Crippen LogP contribution in [-0.2, 0) is 6.54 Å². The summed E-state index contributed by atoms with van der Waals surface area (Å²) in [7, 11) is 3.97. The summed E-state index contributed by atoms with van der Waals surface area (Å²) >= 11 is 5.79. The highest BCUT2D eigenvalue weighted by molar-refractivity contribution is 6.29. The monoisotopic (exact) mass is 289 g/mol. The molecule has 0 fully saturated rings. The van der Waals surface area contributed by atoms with Crippen LogP contribution in [0.3, 0.4) is 0 Å². The van der Waals surface area contributed by atoms with Gasteiger partial charge in [-0.2, -0.15) is 0 Å². The zero-order valence-corrected chi connectivity index (χ0v) is 12.2. The Morgan fingerprint density at radius 3 is 2.65 bits per heavy atom. The number of benzene rings is 1. The number of nitrogens with zero attached hydrogens (tertiary/aromatic N) is 2. The molecule has 2 rings (SSSR count). The third-order valence-corrected chi connectivity index (χ3v) is 2.91. The van der Waals surface area contributed by atoms with Crippen molar-refractivity contribution in [1.82, 2.24) is 9.88 Å². The number of hydrogen-bond acceptors (Lipinski definition) is 3. The van der Waals surface area contributed by atoms with Gasteiger partial charge < -0.3 is 10.2 Å². The Bertz CT molecular complexity index is 614. The van der Waals surface area contributed by atoms with Gasteiger partial charge in [0.15, 0.2) is 0 Å². The zero-order chi connectivity index (χ0) is 14.5. The van der Waals surface area contributed by atoms with Gasteiger partial charge in [0.1, 0.15) is 10.8 Å². The molecule has 104 valence electrons. The summed E-state index contributed by atoms with van der Waals surface area (Å²) < 4.78 is 0. The van der Waals surface area contributed by atoms with Crippen molar-refractivity contribution in [2.24, 2.45) is 0 Å². The van der Waals surface area contributed by atoms with Crippen LogP contribution in [0.25, 0.3) is 0 Å². The van der Waals surface area contributed by atoms with E-state index in [0.717, 1.165) is 17.8 Å². The van der Waals surface area contributed by atoms with Crippen molar-refractivity contribution in [3.05, 3.63) is 58.9 Å². The van der Waals surface area contributed by atoms with Crippen LogP contribution in [0.15, 0.2) is 42.5 Å². The summed E-state index contributed by atoms with van der Waals surface area (Å²) in [4.78, 5) is 18.2. The van der Waals surface area contributed by atoms with Crippen LogP contribution in [0.2, 0.25) is 5.15 Å². The number of carbonyl (C=O) groups excluding carboxylic acids is 1. The van der Waals surface area contributed by atoms with Crippen molar-refractivity contribution >= 4 is 23.2 Å². The van der Waals surface area contributed by atoms with Crippen molar-refractivity contribution in [2.45, 2.75) is 6.54 Å². The van der Waals surface area contributed by atoms with E-state index in [9.17, 15) is 4.79 Å². The first-order valence-electron chi connectivity index (χ1n) is 6.23. The fraction of sp³-hybridized carbons (Fsp3) is 0.200. The molecule has 1 heterocycles. The molecule has 1 aromatic carbocycles. The molecule has 5 heteroatoms. The Morgan fingerprint density at radius 1 is 1.20 bits per heavy atom. The Balaban J connectivity index is 2.19. The van der Waals surface area contributed by atoms with Gasteiger partial charge in [-0.3, -0.25) is 4.79 Å². The first-order chi connectivity index (χ1) is 9.56. The van der Waals surface area contributed by atoms with Crippen LogP contribution in [0.5, 0.6) is 0 Å². The standard InChI is InChI=1S/C15H16ClN3O/c1-19(2)10-11-6-3-4-7-12(11)18-15(20)13-8-5-9-14(16)17-13/h3-9H,10H2,1-2H3,(H,18,20). The predicted molar refractivity (Wildman–Crippen MR) is 81.0 cm³/mol. The van der Waals surface area contributed by atoms with Crippen LogP contribution < -0.4 is 5.32 Å². The molecule has 1 amide bonds. The van der Waals surface area contributed by atoms with Gasteiger partial charge >= 0.3 is 0 Å². The number of rotatable bonds is 4. The minimum absolute atomic E-state index is 0.265. The summed E-state index contributed by atoms with van der Waals surface area (Å²) in [6.45, 7) is 0.749. The molecule has 4 nitrogen and oxygen atoms in total. The van der Waals surface area contributed by atoms with Gasteiger partial charge in [0, 0.05) is 12.2 Å². The third-order valence-electron chi connectivity index (χ3n) is 2.70. The molecule has 0 aliphatic carbocycles. The van der Waals surface area contributed by atoms with Gasteiger partial charge in [0.2, 0.25) is 0 Å². The molecule has 1 aromatic heterocycles. The Kier molecular flexibility index (Phi) is 4.71. The molecule has 0 radical (unpaired) electrons. The van der Waals surface area contributed by atoms with Crippen LogP contribution in [-0.4, -0.2) is 29.9 Å². The molecule has 1 N–H and O–H groups in total. The van der Waals surface area contributed by atoms with Gasteiger partial charge in [-0.25, -0.2) is 4.98 Å². The minimum Gasteiger partial charge on any atom is -0.320 e. The van der Waals surface area contributed by atoms with Gasteiger partial charge in [0.25, 0.3) is 5.91 Å². The highest BCUT2D eigenvalue weighted by Crippen LogP contribution is 2.17. The average Bonchev–Trinajstić information content (AvgIpc) is 2.40. The smallest absolute Gasteiger partial charge is 0.274 e. The summed E-state index contributed by atoms with van der Waals surface area (Å²) in [6, 6.07) is 12.7. The molecule has 20 heavy (non-hydrogen) atoms. The lowest BCUT2D eigenvalue weighted by atomic mass is 10.1. The molecule has 0 aliphatic heterocycles. The number of aromatic nitrogens is 1. The van der Waals surface area contributed by atoms with E-state index in [1.54, 1.807) is 18.2 Å². The minimum atomic E-state index is -0.265. The first kappa shape index (κ1) is 14.5. The normalized spacial score (nSPS) is 10.6. The quantitative estimate of drug-likeness (QED) is 0.880. The van der Waals surface area contributed by atoms with Crippen LogP contribution in [0.1, 0.15) is 16.1 Å². The van der Waals surface area contributed by atoms with Crippen molar-refractivity contribution in [3.63, 3.8) is 0 Å². The van der Waals surface area contributed by atoms with E-state index in [1.807, 2.05) is 43.3 Å². The molecule has 0 saturated carbocycles. The lowest BCUT2D eigenvalue weighted by molar-refractivity contribution is 0.102. The van der Waals surface area contributed by atoms with E-state index in [4.69, 9.17) is 11.6 Å². The summed E-state index contributed by atoms with van der Waals surface area (Å²) in [6.07, 6.45) is 0. The van der Waals surface area contributed by atoms with E-state index in [0.29, 0.717) is 10.8 Å². The summed E-state index contributed by atoms with van der Waals surface area (Å²) in [5, 5.41) is 3.18.